The molecule has 0 bridgehead atoms. The Morgan fingerprint density at radius 2 is 2.05 bits per heavy atom. The molecular weight excluding hydrogens is 294 g/mol. The summed E-state index contributed by atoms with van der Waals surface area (Å²) in [6.07, 6.45) is 2.14. The predicted molar refractivity (Wildman–Crippen MR) is 92.2 cm³/mol. The van der Waals surface area contributed by atoms with E-state index >= 15 is 0 Å². The summed E-state index contributed by atoms with van der Waals surface area (Å²) in [5, 5.41) is 3.90. The zero-order chi connectivity index (χ0) is 15.5. The third kappa shape index (κ3) is 2.68. The Hall–Kier alpha value is -2.01. The Balaban J connectivity index is 1.98. The van der Waals surface area contributed by atoms with E-state index in [1.165, 1.54) is 11.3 Å². The van der Waals surface area contributed by atoms with E-state index < -0.39 is 0 Å². The molecule has 3 rings (SSSR count). The second-order valence-corrected chi connectivity index (χ2v) is 5.67. The van der Waals surface area contributed by atoms with Crippen molar-refractivity contribution in [2.45, 2.75) is 19.5 Å². The average Bonchev–Trinajstić information content (AvgIpc) is 3.03. The molecule has 1 aromatic carbocycles. The lowest BCUT2D eigenvalue weighted by molar-refractivity contribution is 0.287. The van der Waals surface area contributed by atoms with Crippen molar-refractivity contribution in [2.75, 3.05) is 20.2 Å². The summed E-state index contributed by atoms with van der Waals surface area (Å²) < 4.78 is 7.84. The van der Waals surface area contributed by atoms with E-state index in [-0.39, 0.29) is 6.04 Å². The lowest BCUT2D eigenvalue weighted by Gasteiger charge is -2.38. The van der Waals surface area contributed by atoms with E-state index in [0.29, 0.717) is 6.61 Å². The molecule has 1 atom stereocenters. The molecule has 1 unspecified atom stereocenters. The van der Waals surface area contributed by atoms with Crippen molar-refractivity contribution in [2.24, 2.45) is 0 Å². The van der Waals surface area contributed by atoms with Gasteiger partial charge in [-0.05, 0) is 49.0 Å². The molecule has 0 fully saturated rings. The first kappa shape index (κ1) is 14.9. The lowest BCUT2D eigenvalue weighted by Crippen LogP contribution is -2.46. The van der Waals surface area contributed by atoms with Crippen LogP contribution < -0.4 is 10.1 Å². The van der Waals surface area contributed by atoms with Crippen LogP contribution >= 0.6 is 12.2 Å². The smallest absolute Gasteiger partial charge is 0.169 e. The molecule has 0 saturated carbocycles. The van der Waals surface area contributed by atoms with Crippen LogP contribution in [-0.4, -0.2) is 34.8 Å². The molecule has 0 spiro atoms. The second kappa shape index (κ2) is 6.40. The SMILES string of the molecule is CCOc1ccc(C2c3cccn3CCN2C(=S)NC)cc1. The molecule has 1 N–H and O–H groups in total. The van der Waals surface area contributed by atoms with Gasteiger partial charge in [-0.1, -0.05) is 12.1 Å². The van der Waals surface area contributed by atoms with Crippen molar-refractivity contribution in [3.8, 4) is 5.75 Å². The number of ether oxygens (including phenoxy) is 1. The first-order chi connectivity index (χ1) is 10.7. The largest absolute Gasteiger partial charge is 0.494 e. The topological polar surface area (TPSA) is 29.4 Å². The molecule has 0 aliphatic carbocycles. The highest BCUT2D eigenvalue weighted by Crippen LogP contribution is 2.33. The minimum atomic E-state index is 0.138. The number of hydrogen-bond acceptors (Lipinski definition) is 2. The second-order valence-electron chi connectivity index (χ2n) is 5.28. The molecule has 0 saturated heterocycles. The Morgan fingerprint density at radius 3 is 2.73 bits per heavy atom. The Bertz CT molecular complexity index is 650. The molecule has 0 radical (unpaired) electrons. The van der Waals surface area contributed by atoms with Crippen LogP contribution in [0.2, 0.25) is 0 Å². The minimum Gasteiger partial charge on any atom is -0.494 e. The van der Waals surface area contributed by atoms with Gasteiger partial charge in [-0.25, -0.2) is 0 Å². The maximum atomic E-state index is 5.54. The van der Waals surface area contributed by atoms with Gasteiger partial charge in [0.15, 0.2) is 5.11 Å². The summed E-state index contributed by atoms with van der Waals surface area (Å²) in [7, 11) is 1.88. The monoisotopic (exact) mass is 315 g/mol. The fourth-order valence-electron chi connectivity index (χ4n) is 3.01. The average molecular weight is 315 g/mol. The number of benzene rings is 1. The number of aromatic nitrogens is 1. The molecule has 2 heterocycles. The maximum absolute atomic E-state index is 5.54. The van der Waals surface area contributed by atoms with Crippen molar-refractivity contribution in [3.63, 3.8) is 0 Å². The molecule has 1 aliphatic heterocycles. The van der Waals surface area contributed by atoms with Crippen LogP contribution in [0.25, 0.3) is 0 Å². The highest BCUT2D eigenvalue weighted by atomic mass is 32.1. The van der Waals surface area contributed by atoms with Crippen molar-refractivity contribution < 1.29 is 4.74 Å². The molecule has 4 nitrogen and oxygen atoms in total. The van der Waals surface area contributed by atoms with Crippen molar-refractivity contribution in [3.05, 3.63) is 53.9 Å². The third-order valence-electron chi connectivity index (χ3n) is 4.02. The first-order valence-electron chi connectivity index (χ1n) is 7.60. The number of hydrogen-bond donors (Lipinski definition) is 1. The number of thiocarbonyl (C=S) groups is 1. The van der Waals surface area contributed by atoms with Crippen LogP contribution in [0.3, 0.4) is 0 Å². The molecule has 2 aromatic rings. The van der Waals surface area contributed by atoms with Crippen molar-refractivity contribution in [1.82, 2.24) is 14.8 Å². The predicted octanol–water partition coefficient (Wildman–Crippen LogP) is 2.80. The van der Waals surface area contributed by atoms with Gasteiger partial charge in [-0.3, -0.25) is 0 Å². The van der Waals surface area contributed by atoms with Crippen LogP contribution in [0.4, 0.5) is 0 Å². The van der Waals surface area contributed by atoms with Crippen LogP contribution in [0.5, 0.6) is 5.75 Å². The highest BCUT2D eigenvalue weighted by Gasteiger charge is 2.29. The quantitative estimate of drug-likeness (QED) is 0.882. The van der Waals surface area contributed by atoms with Gasteiger partial charge in [0, 0.05) is 32.0 Å². The molecule has 22 heavy (non-hydrogen) atoms. The lowest BCUT2D eigenvalue weighted by atomic mass is 10.0. The summed E-state index contributed by atoms with van der Waals surface area (Å²) in [6, 6.07) is 12.7. The van der Waals surface area contributed by atoms with Crippen LogP contribution in [0.15, 0.2) is 42.6 Å². The van der Waals surface area contributed by atoms with Crippen LogP contribution in [-0.2, 0) is 6.54 Å². The summed E-state index contributed by atoms with van der Waals surface area (Å²) in [4.78, 5) is 2.25. The van der Waals surface area contributed by atoms with Crippen molar-refractivity contribution in [1.29, 1.82) is 0 Å². The summed E-state index contributed by atoms with van der Waals surface area (Å²) in [6.45, 7) is 4.54. The zero-order valence-electron chi connectivity index (χ0n) is 13.0. The highest BCUT2D eigenvalue weighted by molar-refractivity contribution is 7.80. The van der Waals surface area contributed by atoms with Gasteiger partial charge in [0.1, 0.15) is 5.75 Å². The van der Waals surface area contributed by atoms with E-state index in [1.54, 1.807) is 0 Å². The van der Waals surface area contributed by atoms with E-state index in [2.05, 4.69) is 45.2 Å². The number of rotatable bonds is 3. The van der Waals surface area contributed by atoms with Crippen LogP contribution in [0, 0.1) is 0 Å². The first-order valence-corrected chi connectivity index (χ1v) is 8.01. The van der Waals surface area contributed by atoms with E-state index in [4.69, 9.17) is 17.0 Å². The minimum absolute atomic E-state index is 0.138. The normalized spacial score (nSPS) is 17.0. The van der Waals surface area contributed by atoms with E-state index in [1.807, 2.05) is 26.1 Å². The van der Waals surface area contributed by atoms with E-state index in [0.717, 1.165) is 24.0 Å². The Kier molecular flexibility index (Phi) is 4.34. The molecule has 1 aliphatic rings. The third-order valence-corrected chi connectivity index (χ3v) is 4.46. The van der Waals surface area contributed by atoms with Gasteiger partial charge < -0.3 is 19.5 Å². The van der Waals surface area contributed by atoms with Gasteiger partial charge in [0.2, 0.25) is 0 Å². The fraction of sp³-hybridized carbons (Fsp3) is 0.353. The summed E-state index contributed by atoms with van der Waals surface area (Å²) >= 11 is 5.50. The molecule has 5 heteroatoms. The summed E-state index contributed by atoms with van der Waals surface area (Å²) in [5.74, 6) is 0.903. The standard InChI is InChI=1S/C17H21N3OS/c1-3-21-14-8-6-13(7-9-14)16-15-5-4-10-19(15)11-12-20(16)17(22)18-2/h4-10,16H,3,11-12H2,1-2H3,(H,18,22). The maximum Gasteiger partial charge on any atom is 0.169 e. The van der Waals surface area contributed by atoms with Gasteiger partial charge in [-0.15, -0.1) is 0 Å². The van der Waals surface area contributed by atoms with Crippen LogP contribution in [0.1, 0.15) is 24.2 Å². The van der Waals surface area contributed by atoms with Gasteiger partial charge in [0.25, 0.3) is 0 Å². The molecule has 0 amide bonds. The summed E-state index contributed by atoms with van der Waals surface area (Å²) in [5.41, 5.74) is 2.49. The number of nitrogens with one attached hydrogen (secondary N) is 1. The van der Waals surface area contributed by atoms with Gasteiger partial charge >= 0.3 is 0 Å². The molecule has 116 valence electrons. The number of nitrogens with zero attached hydrogens (tertiary/aromatic N) is 2. The number of fused-ring (bicyclic) bond motifs is 1. The van der Waals surface area contributed by atoms with E-state index in [9.17, 15) is 0 Å². The fourth-order valence-corrected chi connectivity index (χ4v) is 3.21. The molecular formula is C17H21N3OS. The van der Waals surface area contributed by atoms with Crippen molar-refractivity contribution >= 4 is 17.3 Å². The Labute approximate surface area is 136 Å². The van der Waals surface area contributed by atoms with Gasteiger partial charge in [-0.2, -0.15) is 0 Å². The zero-order valence-corrected chi connectivity index (χ0v) is 13.8. The molecule has 1 aromatic heterocycles. The Morgan fingerprint density at radius 1 is 1.27 bits per heavy atom. The van der Waals surface area contributed by atoms with Gasteiger partial charge in [0.05, 0.1) is 12.6 Å².